The van der Waals surface area contributed by atoms with Crippen molar-refractivity contribution in [1.82, 2.24) is 13.9 Å². The first-order chi connectivity index (χ1) is 15.0. The van der Waals surface area contributed by atoms with Crippen LogP contribution in [0, 0.1) is 11.3 Å². The lowest BCUT2D eigenvalue weighted by molar-refractivity contribution is 0.138. The molecule has 0 N–H and O–H groups in total. The van der Waals surface area contributed by atoms with Crippen molar-refractivity contribution in [2.45, 2.75) is 37.1 Å². The predicted octanol–water partition coefficient (Wildman–Crippen LogP) is 3.51. The second-order valence-electron chi connectivity index (χ2n) is 7.63. The lowest BCUT2D eigenvalue weighted by Crippen LogP contribution is -2.38. The van der Waals surface area contributed by atoms with E-state index in [9.17, 15) is 8.42 Å². The number of hydrogen-bond acceptors (Lipinski definition) is 5. The Kier molecular flexibility index (Phi) is 6.37. The Balaban J connectivity index is 1.54. The number of nitrogens with zero attached hydrogens (tertiary/aromatic N) is 4. The van der Waals surface area contributed by atoms with Gasteiger partial charge in [0.1, 0.15) is 5.82 Å². The van der Waals surface area contributed by atoms with E-state index in [4.69, 9.17) is 15.0 Å². The van der Waals surface area contributed by atoms with E-state index in [2.05, 4.69) is 10.6 Å². The Labute approximate surface area is 182 Å². The molecule has 3 aromatic rings. The molecule has 0 spiro atoms. The monoisotopic (exact) mass is 438 g/mol. The third kappa shape index (κ3) is 4.35. The van der Waals surface area contributed by atoms with E-state index in [-0.39, 0.29) is 10.8 Å². The number of imidazole rings is 1. The van der Waals surface area contributed by atoms with Crippen molar-refractivity contribution in [2.75, 3.05) is 26.3 Å². The molecule has 0 radical (unpaired) electrons. The molecule has 1 fully saturated rings. The highest BCUT2D eigenvalue weighted by atomic mass is 32.2. The van der Waals surface area contributed by atoms with Crippen LogP contribution in [0.5, 0.6) is 0 Å². The molecule has 1 aliphatic rings. The fourth-order valence-corrected chi connectivity index (χ4v) is 5.69. The van der Waals surface area contributed by atoms with Gasteiger partial charge in [0.2, 0.25) is 10.0 Å². The number of benzene rings is 2. The summed E-state index contributed by atoms with van der Waals surface area (Å²) >= 11 is 0. The van der Waals surface area contributed by atoms with Crippen LogP contribution in [0.3, 0.4) is 0 Å². The number of hydrogen-bond donors (Lipinski definition) is 0. The van der Waals surface area contributed by atoms with E-state index >= 15 is 0 Å². The molecule has 31 heavy (non-hydrogen) atoms. The molecule has 1 saturated heterocycles. The molecule has 0 amide bonds. The Morgan fingerprint density at radius 1 is 1.16 bits per heavy atom. The molecular weight excluding hydrogens is 412 g/mol. The minimum Gasteiger partial charge on any atom is -0.380 e. The van der Waals surface area contributed by atoms with Gasteiger partial charge in [0.05, 0.1) is 34.2 Å². The molecule has 7 nitrogen and oxygen atoms in total. The summed E-state index contributed by atoms with van der Waals surface area (Å²) in [7, 11) is -3.62. The summed E-state index contributed by atoms with van der Waals surface area (Å²) in [5.74, 6) is 1.19. The summed E-state index contributed by atoms with van der Waals surface area (Å²) in [6.07, 6.45) is 1.41. The van der Waals surface area contributed by atoms with Gasteiger partial charge in [0.15, 0.2) is 0 Å². The average Bonchev–Trinajstić information content (AvgIpc) is 3.18. The van der Waals surface area contributed by atoms with E-state index in [0.29, 0.717) is 44.7 Å². The normalized spacial score (nSPS) is 15.9. The summed E-state index contributed by atoms with van der Waals surface area (Å²) in [5, 5.41) is 9.09. The van der Waals surface area contributed by atoms with Gasteiger partial charge in [-0.15, -0.1) is 0 Å². The molecule has 0 saturated carbocycles. The zero-order valence-electron chi connectivity index (χ0n) is 17.6. The fourth-order valence-electron chi connectivity index (χ4n) is 4.17. The first kappa shape index (κ1) is 21.5. The van der Waals surface area contributed by atoms with Gasteiger partial charge in [-0.05, 0) is 50.1 Å². The van der Waals surface area contributed by atoms with Gasteiger partial charge in [-0.3, -0.25) is 0 Å². The summed E-state index contributed by atoms with van der Waals surface area (Å²) in [4.78, 5) is 5.06. The minimum absolute atomic E-state index is 0.175. The van der Waals surface area contributed by atoms with Crippen LogP contribution in [0.15, 0.2) is 53.4 Å². The zero-order valence-corrected chi connectivity index (χ0v) is 18.4. The molecule has 2 heterocycles. The number of aromatic nitrogens is 2. The van der Waals surface area contributed by atoms with Gasteiger partial charge in [-0.2, -0.15) is 9.57 Å². The summed E-state index contributed by atoms with van der Waals surface area (Å²) in [6.45, 7) is 4.85. The molecule has 1 aromatic heterocycles. The third-order valence-electron chi connectivity index (χ3n) is 5.77. The van der Waals surface area contributed by atoms with Crippen LogP contribution in [0.1, 0.15) is 37.1 Å². The third-order valence-corrected chi connectivity index (χ3v) is 7.66. The molecule has 0 aliphatic carbocycles. The van der Waals surface area contributed by atoms with Gasteiger partial charge in [-0.25, -0.2) is 13.4 Å². The topological polar surface area (TPSA) is 88.2 Å². The van der Waals surface area contributed by atoms with Crippen molar-refractivity contribution in [3.63, 3.8) is 0 Å². The van der Waals surface area contributed by atoms with Crippen LogP contribution in [0.2, 0.25) is 0 Å². The Morgan fingerprint density at radius 2 is 1.94 bits per heavy atom. The summed E-state index contributed by atoms with van der Waals surface area (Å²) in [6, 6.07) is 16.3. The second-order valence-corrected chi connectivity index (χ2v) is 9.56. The molecule has 2 aromatic carbocycles. The maximum Gasteiger partial charge on any atom is 0.243 e. The van der Waals surface area contributed by atoms with E-state index < -0.39 is 10.0 Å². The molecule has 4 rings (SSSR count). The van der Waals surface area contributed by atoms with E-state index in [1.54, 1.807) is 18.2 Å². The number of sulfonamides is 1. The lowest BCUT2D eigenvalue weighted by Gasteiger charge is -2.31. The molecule has 8 heteroatoms. The molecule has 162 valence electrons. The number of nitriles is 1. The smallest absolute Gasteiger partial charge is 0.243 e. The number of piperidine rings is 1. The standard InChI is InChI=1S/C23H26N4O3S/c1-2-30-15-14-27-22-9-4-3-8-21(22)25-23(27)19-10-12-26(13-11-19)31(28,29)20-7-5-6-18(16-20)17-24/h3-9,16,19H,2,10-15H2,1H3. The highest BCUT2D eigenvalue weighted by Crippen LogP contribution is 2.32. The molecule has 0 atom stereocenters. The van der Waals surface area contributed by atoms with Crippen LogP contribution in [0.25, 0.3) is 11.0 Å². The largest absolute Gasteiger partial charge is 0.380 e. The van der Waals surface area contributed by atoms with Crippen molar-refractivity contribution < 1.29 is 13.2 Å². The number of ether oxygens (including phenoxy) is 1. The van der Waals surface area contributed by atoms with Gasteiger partial charge >= 0.3 is 0 Å². The van der Waals surface area contributed by atoms with E-state index in [1.165, 1.54) is 10.4 Å². The summed E-state index contributed by atoms with van der Waals surface area (Å²) < 4.78 is 35.4. The van der Waals surface area contributed by atoms with E-state index in [0.717, 1.165) is 23.4 Å². The molecule has 0 bridgehead atoms. The molecule has 0 unspecified atom stereocenters. The average molecular weight is 439 g/mol. The number of rotatable bonds is 7. The van der Waals surface area contributed by atoms with Crippen LogP contribution < -0.4 is 0 Å². The Hall–Kier alpha value is -2.73. The fraction of sp³-hybridized carbons (Fsp3) is 0.391. The van der Waals surface area contributed by atoms with Gasteiger partial charge in [-0.1, -0.05) is 18.2 Å². The van der Waals surface area contributed by atoms with E-state index in [1.807, 2.05) is 31.2 Å². The van der Waals surface area contributed by atoms with Crippen molar-refractivity contribution in [3.8, 4) is 6.07 Å². The highest BCUT2D eigenvalue weighted by Gasteiger charge is 2.32. The maximum absolute atomic E-state index is 13.1. The molecular formula is C23H26N4O3S. The second kappa shape index (κ2) is 9.18. The first-order valence-corrected chi connectivity index (χ1v) is 12.0. The number of para-hydroxylation sites is 2. The first-order valence-electron chi connectivity index (χ1n) is 10.6. The minimum atomic E-state index is -3.62. The maximum atomic E-state index is 13.1. The van der Waals surface area contributed by atoms with Crippen molar-refractivity contribution in [3.05, 3.63) is 59.9 Å². The van der Waals surface area contributed by atoms with Crippen molar-refractivity contribution in [1.29, 1.82) is 5.26 Å². The number of fused-ring (bicyclic) bond motifs is 1. The van der Waals surface area contributed by atoms with Crippen LogP contribution in [0.4, 0.5) is 0 Å². The van der Waals surface area contributed by atoms with Gasteiger partial charge in [0, 0.05) is 32.2 Å². The Bertz CT molecular complexity index is 1210. The van der Waals surface area contributed by atoms with Crippen molar-refractivity contribution in [2.24, 2.45) is 0 Å². The lowest BCUT2D eigenvalue weighted by atomic mass is 9.97. The zero-order chi connectivity index (χ0) is 21.8. The predicted molar refractivity (Wildman–Crippen MR) is 118 cm³/mol. The molecule has 1 aliphatic heterocycles. The summed E-state index contributed by atoms with van der Waals surface area (Å²) in [5.41, 5.74) is 2.39. The van der Waals surface area contributed by atoms with Crippen LogP contribution >= 0.6 is 0 Å². The Morgan fingerprint density at radius 3 is 2.68 bits per heavy atom. The van der Waals surface area contributed by atoms with Crippen LogP contribution in [-0.4, -0.2) is 48.6 Å². The SMILES string of the molecule is CCOCCn1c(C2CCN(S(=O)(=O)c3cccc(C#N)c3)CC2)nc2ccccc21. The quantitative estimate of drug-likeness (QED) is 0.527. The van der Waals surface area contributed by atoms with Gasteiger partial charge < -0.3 is 9.30 Å². The van der Waals surface area contributed by atoms with Gasteiger partial charge in [0.25, 0.3) is 0 Å². The highest BCUT2D eigenvalue weighted by molar-refractivity contribution is 7.89. The van der Waals surface area contributed by atoms with Crippen LogP contribution in [-0.2, 0) is 21.3 Å². The van der Waals surface area contributed by atoms with Crippen molar-refractivity contribution >= 4 is 21.1 Å².